The Hall–Kier alpha value is -4.76. The molecule has 0 aliphatic carbocycles. The SMILES string of the molecule is C=C/C(=C\C=C/C)N(C(/C=C\C)=C/C)c1ccc(-c2cc(F)c(C#Cc3c(O)c(=O)c3=O)c(F)c2)cc1.CC.CC. The van der Waals surface area contributed by atoms with Crippen LogP contribution in [0.15, 0.2) is 106 Å². The molecule has 0 aliphatic rings. The fourth-order valence-corrected chi connectivity index (χ4v) is 3.63. The third-order valence-electron chi connectivity index (χ3n) is 5.52. The summed E-state index contributed by atoms with van der Waals surface area (Å²) in [5, 5.41) is 9.39. The van der Waals surface area contributed by atoms with Gasteiger partial charge in [0.2, 0.25) is 5.43 Å². The van der Waals surface area contributed by atoms with Crippen molar-refractivity contribution in [1.82, 2.24) is 0 Å². The van der Waals surface area contributed by atoms with Crippen LogP contribution in [0.25, 0.3) is 11.1 Å². The number of nitrogens with zero attached hydrogens (tertiary/aromatic N) is 1. The summed E-state index contributed by atoms with van der Waals surface area (Å²) in [4.78, 5) is 24.5. The average Bonchev–Trinajstić information content (AvgIpc) is 3.01. The lowest BCUT2D eigenvalue weighted by atomic mass is 10.0. The largest absolute Gasteiger partial charge is 0.503 e. The Morgan fingerprint density at radius 1 is 0.829 bits per heavy atom. The predicted octanol–water partition coefficient (Wildman–Crippen LogP) is 8.32. The van der Waals surface area contributed by atoms with E-state index in [0.29, 0.717) is 11.1 Å². The highest BCUT2D eigenvalue weighted by atomic mass is 19.1. The molecule has 0 saturated heterocycles. The second-order valence-corrected chi connectivity index (χ2v) is 7.86. The van der Waals surface area contributed by atoms with Gasteiger partial charge in [-0.05, 0) is 74.4 Å². The molecule has 3 aromatic rings. The van der Waals surface area contributed by atoms with E-state index < -0.39 is 39.4 Å². The van der Waals surface area contributed by atoms with E-state index in [1.165, 1.54) is 0 Å². The molecule has 0 saturated carbocycles. The topological polar surface area (TPSA) is 57.6 Å². The van der Waals surface area contributed by atoms with Crippen LogP contribution in [-0.2, 0) is 0 Å². The van der Waals surface area contributed by atoms with E-state index in [4.69, 9.17) is 0 Å². The lowest BCUT2D eigenvalue weighted by molar-refractivity contribution is 0.461. The van der Waals surface area contributed by atoms with Gasteiger partial charge in [-0.25, -0.2) is 8.78 Å². The number of halogens is 2. The van der Waals surface area contributed by atoms with Gasteiger partial charge in [-0.3, -0.25) is 9.59 Å². The molecule has 0 fully saturated rings. The first-order valence-electron chi connectivity index (χ1n) is 13.5. The molecule has 3 aromatic carbocycles. The minimum absolute atomic E-state index is 0.295. The van der Waals surface area contributed by atoms with Crippen LogP contribution in [0.2, 0.25) is 0 Å². The van der Waals surface area contributed by atoms with Crippen molar-refractivity contribution >= 4 is 5.69 Å². The lowest BCUT2D eigenvalue weighted by Crippen LogP contribution is -2.33. The van der Waals surface area contributed by atoms with Crippen molar-refractivity contribution in [2.24, 2.45) is 0 Å². The monoisotopic (exact) mass is 557 g/mol. The first-order chi connectivity index (χ1) is 19.8. The molecule has 3 rings (SSSR count). The second-order valence-electron chi connectivity index (χ2n) is 7.86. The Balaban J connectivity index is 0.00000201. The van der Waals surface area contributed by atoms with E-state index in [1.807, 2.05) is 102 Å². The normalized spacial score (nSPS) is 11.3. The first kappa shape index (κ1) is 34.3. The van der Waals surface area contributed by atoms with Crippen molar-refractivity contribution in [3.63, 3.8) is 0 Å². The van der Waals surface area contributed by atoms with Crippen LogP contribution in [0.5, 0.6) is 5.75 Å². The molecular formula is C35H37F2NO3. The molecule has 0 amide bonds. The average molecular weight is 558 g/mol. The minimum Gasteiger partial charge on any atom is -0.503 e. The second kappa shape index (κ2) is 17.0. The third-order valence-corrected chi connectivity index (χ3v) is 5.52. The van der Waals surface area contributed by atoms with Gasteiger partial charge in [-0.1, -0.05) is 82.6 Å². The van der Waals surface area contributed by atoms with Crippen LogP contribution in [-0.4, -0.2) is 5.11 Å². The molecule has 41 heavy (non-hydrogen) atoms. The van der Waals surface area contributed by atoms with Gasteiger partial charge in [0.1, 0.15) is 17.2 Å². The van der Waals surface area contributed by atoms with E-state index in [9.17, 15) is 23.5 Å². The fourth-order valence-electron chi connectivity index (χ4n) is 3.63. The van der Waals surface area contributed by atoms with Crippen LogP contribution >= 0.6 is 0 Å². The zero-order valence-electron chi connectivity index (χ0n) is 24.7. The number of hydrogen-bond acceptors (Lipinski definition) is 4. The van der Waals surface area contributed by atoms with E-state index in [2.05, 4.69) is 18.4 Å². The number of hydrogen-bond donors (Lipinski definition) is 1. The summed E-state index contributed by atoms with van der Waals surface area (Å²) in [6.07, 6.45) is 13.4. The van der Waals surface area contributed by atoms with Gasteiger partial charge in [-0.2, -0.15) is 0 Å². The maximum Gasteiger partial charge on any atom is 0.270 e. The van der Waals surface area contributed by atoms with Crippen LogP contribution < -0.4 is 15.8 Å². The van der Waals surface area contributed by atoms with Crippen molar-refractivity contribution < 1.29 is 13.9 Å². The van der Waals surface area contributed by atoms with Crippen molar-refractivity contribution in [2.75, 3.05) is 4.90 Å². The number of rotatable bonds is 7. The first-order valence-corrected chi connectivity index (χ1v) is 13.5. The van der Waals surface area contributed by atoms with Gasteiger partial charge in [0, 0.05) is 17.1 Å². The molecule has 4 nitrogen and oxygen atoms in total. The molecule has 0 unspecified atom stereocenters. The highest BCUT2D eigenvalue weighted by Gasteiger charge is 2.19. The highest BCUT2D eigenvalue weighted by molar-refractivity contribution is 5.71. The molecule has 0 aliphatic heterocycles. The Morgan fingerprint density at radius 3 is 1.85 bits per heavy atom. The molecule has 0 aromatic heterocycles. The van der Waals surface area contributed by atoms with Crippen molar-refractivity contribution in [1.29, 1.82) is 0 Å². The van der Waals surface area contributed by atoms with Gasteiger partial charge >= 0.3 is 0 Å². The Bertz CT molecular complexity index is 1560. The van der Waals surface area contributed by atoms with Gasteiger partial charge in [0.25, 0.3) is 5.43 Å². The molecular weight excluding hydrogens is 520 g/mol. The Labute approximate surface area is 241 Å². The van der Waals surface area contributed by atoms with Gasteiger partial charge in [0.05, 0.1) is 5.56 Å². The maximum absolute atomic E-state index is 14.7. The Morgan fingerprint density at radius 2 is 1.39 bits per heavy atom. The fraction of sp³-hybridized carbons (Fsp3) is 0.200. The predicted molar refractivity (Wildman–Crippen MR) is 168 cm³/mol. The highest BCUT2D eigenvalue weighted by Crippen LogP contribution is 2.30. The van der Waals surface area contributed by atoms with Crippen LogP contribution in [0.3, 0.4) is 0 Å². The zero-order valence-corrected chi connectivity index (χ0v) is 24.7. The molecule has 0 atom stereocenters. The standard InChI is InChI=1S/C31H25F2NO3.2C2H6/c1-5-9-11-23(8-4)34(22(7-3)10-6-2)24-14-12-20(13-15-24)21-18-27(32)25(28(33)19-21)16-17-26-29(35)31(37)30(26)36;2*1-2/h5-15,18-19,35H,4H2,1-3H3;2*1-2H3/b9-5-,10-6-,22-7+,23-11+;;. The molecule has 0 radical (unpaired) electrons. The molecule has 1 N–H and O–H groups in total. The molecule has 0 spiro atoms. The number of benzene rings is 2. The van der Waals surface area contributed by atoms with E-state index in [1.54, 1.807) is 18.2 Å². The minimum atomic E-state index is -1.06. The van der Waals surface area contributed by atoms with Gasteiger partial charge < -0.3 is 10.0 Å². The summed E-state index contributed by atoms with van der Waals surface area (Å²) < 4.78 is 29.5. The summed E-state index contributed by atoms with van der Waals surface area (Å²) in [5.41, 5.74) is 0.391. The summed E-state index contributed by atoms with van der Waals surface area (Å²) in [6.45, 7) is 17.7. The van der Waals surface area contributed by atoms with Crippen molar-refractivity contribution in [3.05, 3.63) is 140 Å². The Kier molecular flexibility index (Phi) is 14.2. The van der Waals surface area contributed by atoms with E-state index in [-0.39, 0.29) is 0 Å². The van der Waals surface area contributed by atoms with Crippen LogP contribution in [0.1, 0.15) is 59.6 Å². The smallest absolute Gasteiger partial charge is 0.270 e. The third kappa shape index (κ3) is 8.12. The summed E-state index contributed by atoms with van der Waals surface area (Å²) >= 11 is 0. The lowest BCUT2D eigenvalue weighted by Gasteiger charge is -2.27. The van der Waals surface area contributed by atoms with Crippen molar-refractivity contribution in [2.45, 2.75) is 48.5 Å². The number of anilines is 1. The number of allylic oxidation sites excluding steroid dienone is 7. The van der Waals surface area contributed by atoms with E-state index >= 15 is 0 Å². The van der Waals surface area contributed by atoms with Crippen LogP contribution in [0.4, 0.5) is 14.5 Å². The molecule has 0 heterocycles. The molecule has 214 valence electrons. The van der Waals surface area contributed by atoms with Crippen LogP contribution in [0, 0.1) is 23.5 Å². The summed E-state index contributed by atoms with van der Waals surface area (Å²) in [5.74, 6) is 1.73. The number of aromatic hydroxyl groups is 1. The van der Waals surface area contributed by atoms with Gasteiger partial charge in [-0.15, -0.1) is 0 Å². The maximum atomic E-state index is 14.7. The summed E-state index contributed by atoms with van der Waals surface area (Å²) in [6, 6.07) is 9.46. The zero-order chi connectivity index (χ0) is 31.1. The van der Waals surface area contributed by atoms with Crippen molar-refractivity contribution in [3.8, 4) is 28.7 Å². The molecule has 6 heteroatoms. The quantitative estimate of drug-likeness (QED) is 0.180. The van der Waals surface area contributed by atoms with E-state index in [0.717, 1.165) is 29.2 Å². The molecule has 0 bridgehead atoms. The summed E-state index contributed by atoms with van der Waals surface area (Å²) in [7, 11) is 0. The van der Waals surface area contributed by atoms with Gasteiger partial charge in [0.15, 0.2) is 5.75 Å².